The highest BCUT2D eigenvalue weighted by Crippen LogP contribution is 2.41. The number of aromatic nitrogens is 4. The van der Waals surface area contributed by atoms with Crippen molar-refractivity contribution in [2.45, 2.75) is 39.4 Å². The predicted octanol–water partition coefficient (Wildman–Crippen LogP) is 4.35. The van der Waals surface area contributed by atoms with Crippen molar-refractivity contribution < 1.29 is 17.9 Å². The molecule has 158 valence electrons. The molecule has 0 bridgehead atoms. The zero-order valence-corrected chi connectivity index (χ0v) is 17.1. The highest BCUT2D eigenvalue weighted by molar-refractivity contribution is 6.32. The van der Waals surface area contributed by atoms with Crippen LogP contribution in [0.25, 0.3) is 11.0 Å². The Labute approximate surface area is 175 Å². The molecule has 0 radical (unpaired) electrons. The molecular formula is C19H18ClF3N6O. The van der Waals surface area contributed by atoms with E-state index >= 15 is 0 Å². The number of halogens is 4. The smallest absolute Gasteiger partial charge is 0.393 e. The van der Waals surface area contributed by atoms with Gasteiger partial charge in [0, 0.05) is 11.1 Å². The van der Waals surface area contributed by atoms with E-state index in [4.69, 9.17) is 22.1 Å². The van der Waals surface area contributed by atoms with Gasteiger partial charge in [-0.25, -0.2) is 14.6 Å². The fraction of sp³-hybridized carbons (Fsp3) is 0.368. The van der Waals surface area contributed by atoms with E-state index in [1.165, 1.54) is 17.1 Å². The lowest BCUT2D eigenvalue weighted by molar-refractivity contribution is -0.127. The topological polar surface area (TPSA) is 103 Å². The maximum absolute atomic E-state index is 13.3. The van der Waals surface area contributed by atoms with Crippen LogP contribution in [-0.2, 0) is 6.42 Å². The summed E-state index contributed by atoms with van der Waals surface area (Å²) in [5.41, 5.74) is 6.71. The van der Waals surface area contributed by atoms with Gasteiger partial charge in [0.25, 0.3) is 0 Å². The Morgan fingerprint density at radius 3 is 2.67 bits per heavy atom. The van der Waals surface area contributed by atoms with Crippen molar-refractivity contribution in [3.8, 4) is 11.8 Å². The van der Waals surface area contributed by atoms with Crippen LogP contribution in [-0.4, -0.2) is 32.5 Å². The standard InChI is InChI=1S/C19H18ClF3N6O/c1-4-30-16-11(5-14(20)13(7-24)12(16)6-19(21,22)23)10(3)29-18-15(9(2)28-29)17(25)26-8-27-18/h5,8,10H,4,6H2,1-3H3,(H2,25,26,27)/t10-/m0/s1. The molecule has 0 aliphatic heterocycles. The minimum Gasteiger partial charge on any atom is -0.493 e. The lowest BCUT2D eigenvalue weighted by atomic mass is 9.96. The van der Waals surface area contributed by atoms with Crippen molar-refractivity contribution in [3.63, 3.8) is 0 Å². The molecule has 2 N–H and O–H groups in total. The molecule has 0 fully saturated rings. The third-order valence-corrected chi connectivity index (χ3v) is 4.94. The lowest BCUT2D eigenvalue weighted by Gasteiger charge is -2.22. The third-order valence-electron chi connectivity index (χ3n) is 4.65. The summed E-state index contributed by atoms with van der Waals surface area (Å²) >= 11 is 6.20. The van der Waals surface area contributed by atoms with Crippen molar-refractivity contribution in [3.05, 3.63) is 39.8 Å². The van der Waals surface area contributed by atoms with Crippen LogP contribution in [0.3, 0.4) is 0 Å². The number of fused-ring (bicyclic) bond motifs is 1. The number of anilines is 1. The molecule has 7 nitrogen and oxygen atoms in total. The number of alkyl halides is 3. The fourth-order valence-electron chi connectivity index (χ4n) is 3.39. The summed E-state index contributed by atoms with van der Waals surface area (Å²) in [7, 11) is 0. The minimum absolute atomic E-state index is 0.0355. The largest absolute Gasteiger partial charge is 0.493 e. The van der Waals surface area contributed by atoms with Gasteiger partial charge in [0.05, 0.1) is 40.7 Å². The summed E-state index contributed by atoms with van der Waals surface area (Å²) in [6.45, 7) is 5.20. The summed E-state index contributed by atoms with van der Waals surface area (Å²) in [6, 6.07) is 2.58. The Balaban J connectivity index is 2.28. The highest BCUT2D eigenvalue weighted by atomic mass is 35.5. The number of rotatable bonds is 5. The molecular weight excluding hydrogens is 421 g/mol. The summed E-state index contributed by atoms with van der Waals surface area (Å²) in [5.74, 6) is 0.211. The third kappa shape index (κ3) is 3.85. The number of nitrogens with two attached hydrogens (primary N) is 1. The number of ether oxygens (including phenoxy) is 1. The molecule has 0 saturated carbocycles. The van der Waals surface area contributed by atoms with Gasteiger partial charge in [-0.05, 0) is 26.8 Å². The van der Waals surface area contributed by atoms with Gasteiger partial charge in [-0.2, -0.15) is 23.5 Å². The molecule has 0 aliphatic rings. The molecule has 30 heavy (non-hydrogen) atoms. The number of aryl methyl sites for hydroxylation is 1. The second-order valence-electron chi connectivity index (χ2n) is 6.63. The fourth-order valence-corrected chi connectivity index (χ4v) is 3.67. The number of hydrogen-bond donors (Lipinski definition) is 1. The lowest BCUT2D eigenvalue weighted by Crippen LogP contribution is -2.18. The molecule has 1 aromatic carbocycles. The van der Waals surface area contributed by atoms with E-state index in [1.807, 2.05) is 0 Å². The van der Waals surface area contributed by atoms with Gasteiger partial charge in [0.2, 0.25) is 0 Å². The summed E-state index contributed by atoms with van der Waals surface area (Å²) in [4.78, 5) is 8.18. The van der Waals surface area contributed by atoms with Gasteiger partial charge in [-0.15, -0.1) is 0 Å². The van der Waals surface area contributed by atoms with Crippen LogP contribution in [0.2, 0.25) is 5.02 Å². The maximum Gasteiger partial charge on any atom is 0.393 e. The number of hydrogen-bond acceptors (Lipinski definition) is 6. The molecule has 11 heteroatoms. The van der Waals surface area contributed by atoms with E-state index in [0.29, 0.717) is 22.3 Å². The van der Waals surface area contributed by atoms with Gasteiger partial charge >= 0.3 is 6.18 Å². The zero-order valence-electron chi connectivity index (χ0n) is 16.4. The van der Waals surface area contributed by atoms with Gasteiger partial charge in [0.15, 0.2) is 5.65 Å². The Morgan fingerprint density at radius 1 is 1.37 bits per heavy atom. The maximum atomic E-state index is 13.3. The van der Waals surface area contributed by atoms with Crippen molar-refractivity contribution in [2.75, 3.05) is 12.3 Å². The zero-order chi connectivity index (χ0) is 22.2. The average molecular weight is 439 g/mol. The predicted molar refractivity (Wildman–Crippen MR) is 105 cm³/mol. The molecule has 0 amide bonds. The Kier molecular flexibility index (Phi) is 5.76. The van der Waals surface area contributed by atoms with Crippen LogP contribution < -0.4 is 10.5 Å². The van der Waals surface area contributed by atoms with Crippen LogP contribution >= 0.6 is 11.6 Å². The van der Waals surface area contributed by atoms with Crippen LogP contribution in [0.15, 0.2) is 12.4 Å². The van der Waals surface area contributed by atoms with Crippen LogP contribution in [0, 0.1) is 18.3 Å². The average Bonchev–Trinajstić information content (AvgIpc) is 3.00. The quantitative estimate of drug-likeness (QED) is 0.635. The number of nitrogen functional groups attached to an aromatic ring is 1. The minimum atomic E-state index is -4.56. The first-order valence-electron chi connectivity index (χ1n) is 8.99. The van der Waals surface area contributed by atoms with Crippen LogP contribution in [0.4, 0.5) is 19.0 Å². The van der Waals surface area contributed by atoms with Crippen molar-refractivity contribution in [2.24, 2.45) is 0 Å². The van der Waals surface area contributed by atoms with E-state index in [9.17, 15) is 18.4 Å². The van der Waals surface area contributed by atoms with Crippen molar-refractivity contribution >= 4 is 28.5 Å². The summed E-state index contributed by atoms with van der Waals surface area (Å²) in [6.07, 6.45) is -4.62. The normalized spacial score (nSPS) is 12.7. The van der Waals surface area contributed by atoms with E-state index in [0.717, 1.165) is 0 Å². The Hall–Kier alpha value is -3.06. The monoisotopic (exact) mass is 438 g/mol. The van der Waals surface area contributed by atoms with Crippen molar-refractivity contribution in [1.29, 1.82) is 5.26 Å². The summed E-state index contributed by atoms with van der Waals surface area (Å²) < 4.78 is 46.9. The first-order chi connectivity index (χ1) is 14.1. The van der Waals surface area contributed by atoms with Gasteiger partial charge < -0.3 is 10.5 Å². The van der Waals surface area contributed by atoms with E-state index in [-0.39, 0.29) is 34.3 Å². The van der Waals surface area contributed by atoms with E-state index < -0.39 is 18.6 Å². The van der Waals surface area contributed by atoms with E-state index in [1.54, 1.807) is 26.8 Å². The highest BCUT2D eigenvalue weighted by Gasteiger charge is 2.34. The first kappa shape index (κ1) is 21.6. The Morgan fingerprint density at radius 2 is 2.07 bits per heavy atom. The molecule has 2 aromatic heterocycles. The molecule has 0 unspecified atom stereocenters. The molecule has 2 heterocycles. The Bertz CT molecular complexity index is 1150. The first-order valence-corrected chi connectivity index (χ1v) is 9.37. The van der Waals surface area contributed by atoms with Gasteiger partial charge in [0.1, 0.15) is 24.0 Å². The molecule has 0 aliphatic carbocycles. The van der Waals surface area contributed by atoms with Crippen LogP contribution in [0.1, 0.15) is 42.3 Å². The second kappa shape index (κ2) is 7.99. The second-order valence-corrected chi connectivity index (χ2v) is 7.04. The number of benzene rings is 1. The number of nitrogens with zero attached hydrogens (tertiary/aromatic N) is 5. The van der Waals surface area contributed by atoms with Gasteiger partial charge in [-0.3, -0.25) is 0 Å². The summed E-state index contributed by atoms with van der Waals surface area (Å²) in [5, 5.41) is 14.3. The van der Waals surface area contributed by atoms with E-state index in [2.05, 4.69) is 15.1 Å². The van der Waals surface area contributed by atoms with Crippen LogP contribution in [0.5, 0.6) is 5.75 Å². The van der Waals surface area contributed by atoms with Gasteiger partial charge in [-0.1, -0.05) is 11.6 Å². The van der Waals surface area contributed by atoms with Crippen molar-refractivity contribution in [1.82, 2.24) is 19.7 Å². The number of nitriles is 1. The molecule has 0 spiro atoms. The SMILES string of the molecule is CCOc1c([C@H](C)n2nc(C)c3c(N)ncnc32)cc(Cl)c(C#N)c1CC(F)(F)F. The molecule has 1 atom stereocenters. The molecule has 0 saturated heterocycles. The molecule has 3 aromatic rings. The molecule has 3 rings (SSSR count).